The average molecular weight is 330 g/mol. The minimum Gasteiger partial charge on any atom is -0.330 e. The monoisotopic (exact) mass is 330 g/mol. The highest BCUT2D eigenvalue weighted by molar-refractivity contribution is 7.99. The van der Waals surface area contributed by atoms with Crippen LogP contribution in [-0.4, -0.2) is 5.75 Å². The van der Waals surface area contributed by atoms with Crippen molar-refractivity contribution in [1.29, 1.82) is 0 Å². The summed E-state index contributed by atoms with van der Waals surface area (Å²) in [5.74, 6) is 1.22. The van der Waals surface area contributed by atoms with Crippen LogP contribution < -0.4 is 5.32 Å². The number of hydrogen-bond acceptors (Lipinski definition) is 1. The maximum Gasteiger partial charge on any atom is 0.139 e. The van der Waals surface area contributed by atoms with Crippen LogP contribution in [-0.2, 0) is 0 Å². The molecule has 1 nitrogen and oxygen atoms in total. The normalized spacial score (nSPS) is 18.8. The zero-order valence-corrected chi connectivity index (χ0v) is 14.3. The molecule has 3 aromatic rings. The van der Waals surface area contributed by atoms with Crippen molar-refractivity contribution >= 4 is 11.8 Å². The van der Waals surface area contributed by atoms with E-state index in [4.69, 9.17) is 0 Å². The van der Waals surface area contributed by atoms with Gasteiger partial charge in [-0.3, -0.25) is 0 Å². The first-order chi connectivity index (χ1) is 11.9. The third-order valence-electron chi connectivity index (χ3n) is 5.31. The Hall–Kier alpha value is -2.03. The van der Waals surface area contributed by atoms with Crippen LogP contribution in [0.2, 0.25) is 0 Å². The van der Waals surface area contributed by atoms with Gasteiger partial charge < -0.3 is 5.32 Å². The van der Waals surface area contributed by atoms with Crippen molar-refractivity contribution < 1.29 is 5.32 Å². The molecule has 1 atom stereocenters. The molecule has 2 aliphatic rings. The van der Waals surface area contributed by atoms with Gasteiger partial charge in [0.25, 0.3) is 0 Å². The van der Waals surface area contributed by atoms with Gasteiger partial charge in [0, 0.05) is 33.8 Å². The predicted octanol–water partition coefficient (Wildman–Crippen LogP) is 4.56. The summed E-state index contributed by atoms with van der Waals surface area (Å²) in [6.45, 7) is 0. The largest absolute Gasteiger partial charge is 0.330 e. The predicted molar refractivity (Wildman–Crippen MR) is 100 cm³/mol. The minimum atomic E-state index is 0.415. The molecule has 2 heteroatoms. The number of quaternary nitrogens is 1. The number of fused-ring (bicyclic) bond motifs is 4. The van der Waals surface area contributed by atoms with Gasteiger partial charge in [-0.05, 0) is 17.2 Å². The third-order valence-corrected chi connectivity index (χ3v) is 6.43. The summed E-state index contributed by atoms with van der Waals surface area (Å²) in [5, 5.41) is 2.60. The quantitative estimate of drug-likeness (QED) is 0.729. The smallest absolute Gasteiger partial charge is 0.139 e. The Bertz CT molecular complexity index is 856. The molecule has 3 aromatic carbocycles. The van der Waals surface area contributed by atoms with E-state index < -0.39 is 0 Å². The molecule has 0 bridgehead atoms. The zero-order valence-electron chi connectivity index (χ0n) is 13.5. The van der Waals surface area contributed by atoms with Crippen molar-refractivity contribution in [2.45, 2.75) is 23.4 Å². The summed E-state index contributed by atoms with van der Waals surface area (Å²) in [5.41, 5.74) is 7.26. The molecule has 0 spiro atoms. The van der Waals surface area contributed by atoms with Crippen LogP contribution in [0.5, 0.6) is 0 Å². The minimum absolute atomic E-state index is 0.415. The van der Waals surface area contributed by atoms with Gasteiger partial charge in [0.05, 0.1) is 0 Å². The highest BCUT2D eigenvalue weighted by Crippen LogP contribution is 2.42. The second-order valence-corrected chi connectivity index (χ2v) is 7.76. The molecule has 5 rings (SSSR count). The Morgan fingerprint density at radius 2 is 1.29 bits per heavy atom. The molecule has 1 heterocycles. The SMILES string of the molecule is c1ccc2c(c1)SCC[C@@H]2[NH2+]C1c2ccccc2-c2ccccc21. The molecule has 0 fully saturated rings. The Labute approximate surface area is 147 Å². The van der Waals surface area contributed by atoms with E-state index in [1.54, 1.807) is 0 Å². The standard InChI is InChI=1S/C22H19NS/c1-3-9-17-15(7-1)16-8-2-4-10-18(16)22(17)23-20-13-14-24-21-12-6-5-11-19(20)21/h1-12,20,22-23H,13-14H2/p+1/t20-/m0/s1. The molecule has 0 radical (unpaired) electrons. The molecular formula is C22H20NS+. The first-order valence-corrected chi connectivity index (χ1v) is 9.65. The van der Waals surface area contributed by atoms with E-state index in [2.05, 4.69) is 78.1 Å². The topological polar surface area (TPSA) is 16.6 Å². The van der Waals surface area contributed by atoms with Gasteiger partial charge in [-0.2, -0.15) is 0 Å². The van der Waals surface area contributed by atoms with Crippen LogP contribution in [0.15, 0.2) is 77.7 Å². The van der Waals surface area contributed by atoms with E-state index in [1.807, 2.05) is 11.8 Å². The second-order valence-electron chi connectivity index (χ2n) is 6.63. The lowest BCUT2D eigenvalue weighted by molar-refractivity contribution is -0.726. The van der Waals surface area contributed by atoms with Crippen molar-refractivity contribution in [3.8, 4) is 11.1 Å². The van der Waals surface area contributed by atoms with Gasteiger partial charge in [-0.25, -0.2) is 0 Å². The fourth-order valence-electron chi connectivity index (χ4n) is 4.20. The van der Waals surface area contributed by atoms with Crippen molar-refractivity contribution in [2.75, 3.05) is 5.75 Å². The zero-order chi connectivity index (χ0) is 15.9. The van der Waals surface area contributed by atoms with Gasteiger partial charge in [0.1, 0.15) is 12.1 Å². The molecule has 1 aliphatic carbocycles. The molecule has 0 saturated heterocycles. The second kappa shape index (κ2) is 5.80. The lowest BCUT2D eigenvalue weighted by Crippen LogP contribution is -2.86. The molecule has 0 saturated carbocycles. The number of hydrogen-bond donors (Lipinski definition) is 1. The Balaban J connectivity index is 1.57. The summed E-state index contributed by atoms with van der Waals surface area (Å²) in [6.07, 6.45) is 1.24. The number of rotatable bonds is 2. The Morgan fingerprint density at radius 3 is 2.00 bits per heavy atom. The lowest BCUT2D eigenvalue weighted by atomic mass is 9.99. The number of thioether (sulfide) groups is 1. The van der Waals surface area contributed by atoms with Crippen molar-refractivity contribution in [1.82, 2.24) is 0 Å². The van der Waals surface area contributed by atoms with E-state index in [9.17, 15) is 0 Å². The van der Waals surface area contributed by atoms with Gasteiger partial charge >= 0.3 is 0 Å². The van der Waals surface area contributed by atoms with Crippen LogP contribution >= 0.6 is 11.8 Å². The molecular weight excluding hydrogens is 310 g/mol. The first kappa shape index (κ1) is 14.3. The van der Waals surface area contributed by atoms with E-state index >= 15 is 0 Å². The van der Waals surface area contributed by atoms with Crippen molar-refractivity contribution in [2.24, 2.45) is 0 Å². The average Bonchev–Trinajstić information content (AvgIpc) is 2.97. The molecule has 0 unspecified atom stereocenters. The van der Waals surface area contributed by atoms with E-state index in [-0.39, 0.29) is 0 Å². The van der Waals surface area contributed by atoms with Crippen LogP contribution in [0, 0.1) is 0 Å². The van der Waals surface area contributed by atoms with Crippen LogP contribution in [0.1, 0.15) is 35.2 Å². The highest BCUT2D eigenvalue weighted by atomic mass is 32.2. The van der Waals surface area contributed by atoms with Crippen molar-refractivity contribution in [3.63, 3.8) is 0 Å². The fourth-order valence-corrected chi connectivity index (χ4v) is 5.36. The van der Waals surface area contributed by atoms with E-state index in [1.165, 1.54) is 44.9 Å². The van der Waals surface area contributed by atoms with Gasteiger partial charge in [0.15, 0.2) is 0 Å². The highest BCUT2D eigenvalue weighted by Gasteiger charge is 2.34. The third kappa shape index (κ3) is 2.21. The van der Waals surface area contributed by atoms with Crippen LogP contribution in [0.4, 0.5) is 0 Å². The van der Waals surface area contributed by atoms with Gasteiger partial charge in [-0.15, -0.1) is 11.8 Å². The van der Waals surface area contributed by atoms with Crippen molar-refractivity contribution in [3.05, 3.63) is 89.5 Å². The Morgan fingerprint density at radius 1 is 0.708 bits per heavy atom. The molecule has 2 N–H and O–H groups in total. The summed E-state index contributed by atoms with van der Waals surface area (Å²) in [6, 6.07) is 27.7. The number of benzene rings is 3. The summed E-state index contributed by atoms with van der Waals surface area (Å²) in [7, 11) is 0. The molecule has 0 amide bonds. The van der Waals surface area contributed by atoms with Crippen LogP contribution in [0.3, 0.4) is 0 Å². The maximum absolute atomic E-state index is 2.60. The molecule has 24 heavy (non-hydrogen) atoms. The van der Waals surface area contributed by atoms with Crippen LogP contribution in [0.25, 0.3) is 11.1 Å². The van der Waals surface area contributed by atoms with Gasteiger partial charge in [0.2, 0.25) is 0 Å². The molecule has 0 aromatic heterocycles. The van der Waals surface area contributed by atoms with E-state index in [0.717, 1.165) is 0 Å². The van der Waals surface area contributed by atoms with Gasteiger partial charge in [-0.1, -0.05) is 66.7 Å². The summed E-state index contributed by atoms with van der Waals surface area (Å²) >= 11 is 2.00. The summed E-state index contributed by atoms with van der Waals surface area (Å²) < 4.78 is 0. The molecule has 1 aliphatic heterocycles. The maximum atomic E-state index is 2.60. The lowest BCUT2D eigenvalue weighted by Gasteiger charge is -2.26. The molecule has 118 valence electrons. The number of nitrogens with two attached hydrogens (primary N) is 1. The summed E-state index contributed by atoms with van der Waals surface area (Å²) in [4.78, 5) is 1.46. The first-order valence-electron chi connectivity index (χ1n) is 8.67. The van der Waals surface area contributed by atoms with E-state index in [0.29, 0.717) is 12.1 Å². The fraction of sp³-hybridized carbons (Fsp3) is 0.182. The Kier molecular flexibility index (Phi) is 3.46.